The number of hydroxylamine groups is 2. The lowest BCUT2D eigenvalue weighted by Gasteiger charge is -2.53. The first-order valence-electron chi connectivity index (χ1n) is 22.2. The van der Waals surface area contributed by atoms with Crippen LogP contribution in [0, 0.1) is 22.7 Å². The minimum atomic E-state index is -1.42. The number of ether oxygens (including phenoxy) is 4. The van der Waals surface area contributed by atoms with E-state index in [1.165, 1.54) is 18.4 Å². The van der Waals surface area contributed by atoms with Crippen molar-refractivity contribution in [2.45, 2.75) is 120 Å². The number of allylic oxidation sites excluding steroid dienone is 1. The van der Waals surface area contributed by atoms with E-state index < -0.39 is 53.5 Å². The minimum Gasteiger partial charge on any atom is -0.458 e. The maximum absolute atomic E-state index is 14.8. The molecule has 0 radical (unpaired) electrons. The third-order valence-corrected chi connectivity index (χ3v) is 15.0. The lowest BCUT2D eigenvalue weighted by molar-refractivity contribution is -0.213. The molecule has 4 aliphatic heterocycles. The van der Waals surface area contributed by atoms with Crippen LogP contribution in [0.15, 0.2) is 90.5 Å². The molecule has 2 bridgehead atoms. The summed E-state index contributed by atoms with van der Waals surface area (Å²) in [5.41, 5.74) is 3.92. The van der Waals surface area contributed by atoms with Gasteiger partial charge in [-0.3, -0.25) is 19.2 Å². The van der Waals surface area contributed by atoms with Gasteiger partial charge in [0.25, 0.3) is 0 Å². The molecule has 12 heteroatoms. The number of epoxide rings is 1. The number of aliphatic hydroxyl groups is 1. The van der Waals surface area contributed by atoms with Crippen molar-refractivity contribution in [1.29, 1.82) is 0 Å². The van der Waals surface area contributed by atoms with Gasteiger partial charge in [-0.2, -0.15) is 5.06 Å². The van der Waals surface area contributed by atoms with Gasteiger partial charge in [0.05, 0.1) is 24.9 Å². The molecular weight excluding hydrogens is 775 g/mol. The molecule has 0 aromatic heterocycles. The largest absolute Gasteiger partial charge is 0.458 e. The summed E-state index contributed by atoms with van der Waals surface area (Å²) in [6, 6.07) is 26.6. The van der Waals surface area contributed by atoms with E-state index in [9.17, 15) is 19.5 Å². The van der Waals surface area contributed by atoms with Crippen LogP contribution in [0.2, 0.25) is 0 Å². The van der Waals surface area contributed by atoms with E-state index in [1.54, 1.807) is 5.06 Å². The number of aliphatic hydroxyl groups excluding tert-OH is 1. The fourth-order valence-electron chi connectivity index (χ4n) is 11.8. The van der Waals surface area contributed by atoms with Gasteiger partial charge in [-0.15, -0.1) is 0 Å². The SMILES string of the molecule is CC1(C)C[C@@H]2C(=Cc3cccc(CN4O[C@@H]5[C@H]6OC(c7ccccc7)(c7ccccc7)O[C@H]6[C@H]6C[C@]5(C(=O)NCCC(=O)NCCO)[C@@H]4C(=O)O6)c3)CCC3O[C@]3(C)CC[C@H]21. The zero-order valence-corrected chi connectivity index (χ0v) is 35.2. The average molecular weight is 832 g/mol. The molecule has 3 saturated carbocycles. The van der Waals surface area contributed by atoms with Crippen LogP contribution in [-0.2, 0) is 50.5 Å². The van der Waals surface area contributed by atoms with Crippen LogP contribution in [0.1, 0.15) is 88.0 Å². The van der Waals surface area contributed by atoms with Crippen molar-refractivity contribution in [3.8, 4) is 0 Å². The number of nitrogens with one attached hydrogen (secondary N) is 2. The summed E-state index contributed by atoms with van der Waals surface area (Å²) < 4.78 is 26.6. The van der Waals surface area contributed by atoms with Gasteiger partial charge in [-0.25, -0.2) is 0 Å². The Kier molecular flexibility index (Phi) is 10.3. The summed E-state index contributed by atoms with van der Waals surface area (Å²) in [5.74, 6) is -1.48. The molecule has 3 aliphatic carbocycles. The molecule has 322 valence electrons. The number of carbonyl (C=O) groups excluding carboxylic acids is 3. The number of fused-ring (bicyclic) bond motifs is 6. The molecular formula is C49H57N3O9. The van der Waals surface area contributed by atoms with E-state index in [0.717, 1.165) is 41.5 Å². The molecule has 7 fully saturated rings. The molecule has 3 aromatic carbocycles. The lowest BCUT2D eigenvalue weighted by atomic mass is 9.52. The zero-order chi connectivity index (χ0) is 42.1. The summed E-state index contributed by atoms with van der Waals surface area (Å²) in [6.45, 7) is 7.26. The van der Waals surface area contributed by atoms with Gasteiger partial charge >= 0.3 is 5.97 Å². The second-order valence-electron chi connectivity index (χ2n) is 19.2. The Morgan fingerprint density at radius 3 is 2.33 bits per heavy atom. The van der Waals surface area contributed by atoms with Crippen LogP contribution < -0.4 is 10.6 Å². The van der Waals surface area contributed by atoms with Gasteiger partial charge in [0.15, 0.2) is 6.04 Å². The minimum absolute atomic E-state index is 0.000779. The van der Waals surface area contributed by atoms with E-state index in [4.69, 9.17) is 23.8 Å². The summed E-state index contributed by atoms with van der Waals surface area (Å²) in [4.78, 5) is 48.6. The van der Waals surface area contributed by atoms with Crippen LogP contribution in [0.3, 0.4) is 0 Å². The molecule has 10 rings (SSSR count). The second-order valence-corrected chi connectivity index (χ2v) is 19.2. The molecule has 4 heterocycles. The highest BCUT2D eigenvalue weighted by atomic mass is 16.8. The van der Waals surface area contributed by atoms with Crippen LogP contribution >= 0.6 is 0 Å². The van der Waals surface area contributed by atoms with Gasteiger partial charge in [0.1, 0.15) is 29.8 Å². The molecule has 12 nitrogen and oxygen atoms in total. The number of hydrogen-bond donors (Lipinski definition) is 3. The average Bonchev–Trinajstić information content (AvgIpc) is 3.53. The molecule has 7 aliphatic rings. The fraction of sp³-hybridized carbons (Fsp3) is 0.531. The Morgan fingerprint density at radius 2 is 1.61 bits per heavy atom. The normalized spacial score (nSPS) is 35.9. The Morgan fingerprint density at radius 1 is 0.869 bits per heavy atom. The molecule has 0 spiro atoms. The smallest absolute Gasteiger partial charge is 0.327 e. The van der Waals surface area contributed by atoms with E-state index >= 15 is 0 Å². The van der Waals surface area contributed by atoms with Crippen molar-refractivity contribution in [2.24, 2.45) is 22.7 Å². The topological polar surface area (TPSA) is 148 Å². The molecule has 61 heavy (non-hydrogen) atoms. The van der Waals surface area contributed by atoms with E-state index in [0.29, 0.717) is 23.4 Å². The molecule has 3 aromatic rings. The number of nitrogens with zero attached hydrogens (tertiary/aromatic N) is 1. The maximum Gasteiger partial charge on any atom is 0.327 e. The summed E-state index contributed by atoms with van der Waals surface area (Å²) >= 11 is 0. The first-order valence-corrected chi connectivity index (χ1v) is 22.2. The van der Waals surface area contributed by atoms with Gasteiger partial charge in [-0.1, -0.05) is 110 Å². The highest BCUT2D eigenvalue weighted by molar-refractivity contribution is 5.94. The van der Waals surface area contributed by atoms with Crippen LogP contribution in [0.5, 0.6) is 0 Å². The zero-order valence-electron chi connectivity index (χ0n) is 35.2. The lowest BCUT2D eigenvalue weighted by Crippen LogP contribution is -2.69. The van der Waals surface area contributed by atoms with Gasteiger partial charge in [0, 0.05) is 37.1 Å². The van der Waals surface area contributed by atoms with Gasteiger partial charge in [-0.05, 0) is 67.4 Å². The third-order valence-electron chi connectivity index (χ3n) is 15.0. The van der Waals surface area contributed by atoms with Crippen LogP contribution in [-0.4, -0.2) is 89.8 Å². The molecule has 3 N–H and O–H groups in total. The van der Waals surface area contributed by atoms with Crippen molar-refractivity contribution < 1.29 is 43.3 Å². The van der Waals surface area contributed by atoms with Crippen molar-refractivity contribution in [1.82, 2.24) is 15.7 Å². The molecule has 1 unspecified atom stereocenters. The first kappa shape index (κ1) is 40.6. The van der Waals surface area contributed by atoms with E-state index in [2.05, 4.69) is 49.6 Å². The number of benzene rings is 3. The monoisotopic (exact) mass is 831 g/mol. The number of amides is 2. The summed E-state index contributed by atoms with van der Waals surface area (Å²) in [7, 11) is 0. The number of rotatable bonds is 11. The number of carbonyl (C=O) groups is 3. The molecule has 4 saturated heterocycles. The Hall–Kier alpha value is -4.43. The fourth-order valence-corrected chi connectivity index (χ4v) is 11.8. The highest BCUT2D eigenvalue weighted by Crippen LogP contribution is 2.61. The number of hydrogen-bond acceptors (Lipinski definition) is 10. The van der Waals surface area contributed by atoms with Crippen LogP contribution in [0.25, 0.3) is 6.08 Å². The second kappa shape index (κ2) is 15.4. The molecule has 10 atom stereocenters. The highest BCUT2D eigenvalue weighted by Gasteiger charge is 2.76. The van der Waals surface area contributed by atoms with Crippen molar-refractivity contribution in [3.63, 3.8) is 0 Å². The van der Waals surface area contributed by atoms with Gasteiger partial charge in [0.2, 0.25) is 17.6 Å². The van der Waals surface area contributed by atoms with Gasteiger partial charge < -0.3 is 34.7 Å². The summed E-state index contributed by atoms with van der Waals surface area (Å²) in [5, 5.41) is 16.4. The quantitative estimate of drug-likeness (QED) is 0.166. The Bertz CT molecular complexity index is 2160. The summed E-state index contributed by atoms with van der Waals surface area (Å²) in [6.07, 6.45) is 5.06. The van der Waals surface area contributed by atoms with Crippen molar-refractivity contribution >= 4 is 23.9 Å². The number of esters is 1. The van der Waals surface area contributed by atoms with Crippen molar-refractivity contribution in [3.05, 3.63) is 113 Å². The Labute approximate surface area is 357 Å². The van der Waals surface area contributed by atoms with Crippen LogP contribution in [0.4, 0.5) is 0 Å². The first-order chi connectivity index (χ1) is 29.4. The predicted octanol–water partition coefficient (Wildman–Crippen LogP) is 5.56. The van der Waals surface area contributed by atoms with Crippen molar-refractivity contribution in [2.75, 3.05) is 19.7 Å². The van der Waals surface area contributed by atoms with E-state index in [1.807, 2.05) is 72.8 Å². The third kappa shape index (κ3) is 6.94. The predicted molar refractivity (Wildman–Crippen MR) is 224 cm³/mol. The molecule has 2 amide bonds. The van der Waals surface area contributed by atoms with E-state index in [-0.39, 0.29) is 50.6 Å². The standard InChI is InChI=1S/C49H57N3O9/c1-46(2)27-35-32(17-18-38-47(3,58-38)21-19-36(35)46)26-30-11-10-12-31(25-30)29-52-42-44(55)57-37-28-48(42,45(56)51-22-20-39(54)50-23-24-53)43(61-52)41-40(37)59-49(60-41,33-13-6-4-7-14-33)34-15-8-5-9-16-34/h4-16,25-26,35-38,40-43,53H,17-24,27-29H2,1-3H3,(H,50,54)(H,51,56)/t35-,36-,37-,38?,40+,41+,42+,43-,47-,48+/m1/s1. The maximum atomic E-state index is 14.8. The Balaban J connectivity index is 0.973.